The number of carbonyl (C=O) groups is 1. The lowest BCUT2D eigenvalue weighted by atomic mass is 10.0. The van der Waals surface area contributed by atoms with Crippen molar-refractivity contribution in [3.05, 3.63) is 59.2 Å². The van der Waals surface area contributed by atoms with Crippen LogP contribution in [0, 0.1) is 13.8 Å². The third-order valence-corrected chi connectivity index (χ3v) is 5.18. The Kier molecular flexibility index (Phi) is 7.49. The van der Waals surface area contributed by atoms with Crippen molar-refractivity contribution < 1.29 is 19.0 Å². The zero-order valence-corrected chi connectivity index (χ0v) is 17.4. The first-order chi connectivity index (χ1) is 14.1. The van der Waals surface area contributed by atoms with Gasteiger partial charge in [-0.3, -0.25) is 9.69 Å². The van der Waals surface area contributed by atoms with E-state index in [0.717, 1.165) is 41.3 Å². The van der Waals surface area contributed by atoms with Crippen molar-refractivity contribution in [3.63, 3.8) is 0 Å². The fraction of sp³-hybridized carbons (Fsp3) is 0.435. The van der Waals surface area contributed by atoms with E-state index in [-0.39, 0.29) is 18.6 Å². The topological polar surface area (TPSA) is 60.0 Å². The number of amides is 1. The molecule has 0 spiro atoms. The van der Waals surface area contributed by atoms with Gasteiger partial charge in [0.15, 0.2) is 6.61 Å². The van der Waals surface area contributed by atoms with Gasteiger partial charge in [0.05, 0.1) is 26.4 Å². The smallest absolute Gasteiger partial charge is 0.258 e. The van der Waals surface area contributed by atoms with E-state index in [9.17, 15) is 4.79 Å². The molecule has 0 unspecified atom stereocenters. The second-order valence-corrected chi connectivity index (χ2v) is 7.30. The van der Waals surface area contributed by atoms with Gasteiger partial charge in [0.25, 0.3) is 5.91 Å². The van der Waals surface area contributed by atoms with Gasteiger partial charge in [0.1, 0.15) is 11.5 Å². The van der Waals surface area contributed by atoms with Crippen LogP contribution in [-0.2, 0) is 9.53 Å². The van der Waals surface area contributed by atoms with Crippen LogP contribution in [0.4, 0.5) is 0 Å². The minimum atomic E-state index is -0.127. The van der Waals surface area contributed by atoms with Gasteiger partial charge in [-0.1, -0.05) is 24.3 Å². The van der Waals surface area contributed by atoms with Crippen molar-refractivity contribution in [2.45, 2.75) is 19.9 Å². The lowest BCUT2D eigenvalue weighted by molar-refractivity contribution is -0.123. The van der Waals surface area contributed by atoms with E-state index in [1.165, 1.54) is 0 Å². The molecule has 1 atom stereocenters. The highest BCUT2D eigenvalue weighted by atomic mass is 16.5. The van der Waals surface area contributed by atoms with Crippen LogP contribution in [0.5, 0.6) is 11.5 Å². The Labute approximate surface area is 172 Å². The molecule has 1 aliphatic rings. The maximum Gasteiger partial charge on any atom is 0.258 e. The quantitative estimate of drug-likeness (QED) is 0.741. The highest BCUT2D eigenvalue weighted by Crippen LogP contribution is 2.24. The van der Waals surface area contributed by atoms with E-state index < -0.39 is 0 Å². The maximum absolute atomic E-state index is 12.4. The fourth-order valence-electron chi connectivity index (χ4n) is 3.44. The molecular formula is C23H30N2O4. The number of carbonyl (C=O) groups excluding carboxylic acids is 1. The minimum Gasteiger partial charge on any atom is -0.497 e. The molecule has 0 bridgehead atoms. The van der Waals surface area contributed by atoms with E-state index in [4.69, 9.17) is 14.2 Å². The second-order valence-electron chi connectivity index (χ2n) is 7.30. The predicted octanol–water partition coefficient (Wildman–Crippen LogP) is 2.88. The first-order valence-corrected chi connectivity index (χ1v) is 9.99. The number of methoxy groups -OCH3 is 1. The number of nitrogens with zero attached hydrogens (tertiary/aromatic N) is 1. The summed E-state index contributed by atoms with van der Waals surface area (Å²) >= 11 is 0. The molecule has 0 saturated carbocycles. The third-order valence-electron chi connectivity index (χ3n) is 5.18. The zero-order valence-electron chi connectivity index (χ0n) is 17.4. The van der Waals surface area contributed by atoms with Crippen LogP contribution < -0.4 is 14.8 Å². The summed E-state index contributed by atoms with van der Waals surface area (Å²) in [5, 5.41) is 3.03. The van der Waals surface area contributed by atoms with Gasteiger partial charge in [0.2, 0.25) is 0 Å². The van der Waals surface area contributed by atoms with Gasteiger partial charge in [-0.25, -0.2) is 0 Å². The van der Waals surface area contributed by atoms with Crippen LogP contribution in [-0.4, -0.2) is 57.4 Å². The molecule has 1 amide bonds. The number of aryl methyl sites for hydroxylation is 2. The van der Waals surface area contributed by atoms with E-state index in [2.05, 4.69) is 22.3 Å². The van der Waals surface area contributed by atoms with Crippen LogP contribution in [0.1, 0.15) is 22.7 Å². The SMILES string of the molecule is COc1ccc([C@H](CNC(=O)COc2cc(C)ccc2C)N2CCOCC2)cc1. The molecule has 1 saturated heterocycles. The molecule has 1 N–H and O–H groups in total. The van der Waals surface area contributed by atoms with Gasteiger partial charge in [-0.15, -0.1) is 0 Å². The van der Waals surface area contributed by atoms with Crippen molar-refractivity contribution in [2.24, 2.45) is 0 Å². The van der Waals surface area contributed by atoms with Crippen molar-refractivity contribution in [1.29, 1.82) is 0 Å². The molecule has 1 fully saturated rings. The molecule has 1 heterocycles. The predicted molar refractivity (Wildman–Crippen MR) is 113 cm³/mol. The van der Waals surface area contributed by atoms with Crippen LogP contribution in [0.3, 0.4) is 0 Å². The first-order valence-electron chi connectivity index (χ1n) is 9.99. The second kappa shape index (κ2) is 10.3. The zero-order chi connectivity index (χ0) is 20.6. The van der Waals surface area contributed by atoms with E-state index >= 15 is 0 Å². The highest BCUT2D eigenvalue weighted by molar-refractivity contribution is 5.77. The standard InChI is InChI=1S/C23H30N2O4/c1-17-4-5-18(2)22(14-17)29-16-23(26)24-15-21(25-10-12-28-13-11-25)19-6-8-20(27-3)9-7-19/h4-9,14,21H,10-13,15-16H2,1-3H3,(H,24,26)/t21-/m0/s1. The number of rotatable bonds is 8. The molecule has 3 rings (SSSR count). The van der Waals surface area contributed by atoms with Crippen LogP contribution >= 0.6 is 0 Å². The van der Waals surface area contributed by atoms with Gasteiger partial charge < -0.3 is 19.5 Å². The van der Waals surface area contributed by atoms with Crippen molar-refractivity contribution in [2.75, 3.05) is 46.6 Å². The monoisotopic (exact) mass is 398 g/mol. The van der Waals surface area contributed by atoms with Crippen molar-refractivity contribution >= 4 is 5.91 Å². The van der Waals surface area contributed by atoms with Crippen LogP contribution in [0.25, 0.3) is 0 Å². The summed E-state index contributed by atoms with van der Waals surface area (Å²) in [5.41, 5.74) is 3.27. The van der Waals surface area contributed by atoms with E-state index in [1.807, 2.05) is 44.2 Å². The Hall–Kier alpha value is -2.57. The van der Waals surface area contributed by atoms with Gasteiger partial charge in [0, 0.05) is 19.6 Å². The molecule has 0 radical (unpaired) electrons. The third kappa shape index (κ3) is 5.95. The van der Waals surface area contributed by atoms with Crippen molar-refractivity contribution in [3.8, 4) is 11.5 Å². The highest BCUT2D eigenvalue weighted by Gasteiger charge is 2.23. The molecule has 156 valence electrons. The summed E-state index contributed by atoms with van der Waals surface area (Å²) in [5.74, 6) is 1.44. The number of benzene rings is 2. The molecule has 29 heavy (non-hydrogen) atoms. The average Bonchev–Trinajstić information content (AvgIpc) is 2.75. The summed E-state index contributed by atoms with van der Waals surface area (Å²) in [6.45, 7) is 7.59. The summed E-state index contributed by atoms with van der Waals surface area (Å²) in [7, 11) is 1.66. The summed E-state index contributed by atoms with van der Waals surface area (Å²) in [6, 6.07) is 14.1. The Balaban J connectivity index is 1.61. The van der Waals surface area contributed by atoms with E-state index in [0.29, 0.717) is 19.8 Å². The number of nitrogens with one attached hydrogen (secondary N) is 1. The molecular weight excluding hydrogens is 368 g/mol. The molecule has 6 heteroatoms. The normalized spacial score (nSPS) is 15.6. The van der Waals surface area contributed by atoms with Crippen LogP contribution in [0.2, 0.25) is 0 Å². The van der Waals surface area contributed by atoms with Gasteiger partial charge in [-0.05, 0) is 48.7 Å². The lowest BCUT2D eigenvalue weighted by Crippen LogP contribution is -2.44. The largest absolute Gasteiger partial charge is 0.497 e. The molecule has 1 aliphatic heterocycles. The summed E-state index contributed by atoms with van der Waals surface area (Å²) in [4.78, 5) is 14.8. The molecule has 0 aromatic heterocycles. The van der Waals surface area contributed by atoms with E-state index in [1.54, 1.807) is 7.11 Å². The molecule has 6 nitrogen and oxygen atoms in total. The fourth-order valence-corrected chi connectivity index (χ4v) is 3.44. The summed E-state index contributed by atoms with van der Waals surface area (Å²) in [6.07, 6.45) is 0. The average molecular weight is 399 g/mol. The van der Waals surface area contributed by atoms with Crippen LogP contribution in [0.15, 0.2) is 42.5 Å². The first kappa shape index (κ1) is 21.1. The van der Waals surface area contributed by atoms with Crippen molar-refractivity contribution in [1.82, 2.24) is 10.2 Å². The Bertz CT molecular complexity index is 801. The van der Waals surface area contributed by atoms with Gasteiger partial charge >= 0.3 is 0 Å². The molecule has 2 aromatic carbocycles. The molecule has 2 aromatic rings. The minimum absolute atomic E-state index is 0.00272. The number of hydrogen-bond acceptors (Lipinski definition) is 5. The summed E-state index contributed by atoms with van der Waals surface area (Å²) < 4.78 is 16.5. The number of morpholine rings is 1. The Morgan fingerprint density at radius 3 is 2.55 bits per heavy atom. The molecule has 0 aliphatic carbocycles. The number of ether oxygens (including phenoxy) is 3. The maximum atomic E-state index is 12.4. The number of hydrogen-bond donors (Lipinski definition) is 1. The Morgan fingerprint density at radius 1 is 1.14 bits per heavy atom. The lowest BCUT2D eigenvalue weighted by Gasteiger charge is -2.35. The Morgan fingerprint density at radius 2 is 1.86 bits per heavy atom. The van der Waals surface area contributed by atoms with Gasteiger partial charge in [-0.2, -0.15) is 0 Å².